The Hall–Kier alpha value is -2.28. The molecule has 4 aliphatic rings. The number of hydrogen-bond donors (Lipinski definition) is 1. The molecule has 6 nitrogen and oxygen atoms in total. The van der Waals surface area contributed by atoms with Crippen LogP contribution in [-0.2, 0) is 29.3 Å². The minimum absolute atomic E-state index is 0.120. The van der Waals surface area contributed by atoms with Gasteiger partial charge in [-0.25, -0.2) is 13.4 Å². The smallest absolute Gasteiger partial charge is 0.360 e. The molecule has 1 atom stereocenters. The number of aromatic nitrogens is 2. The lowest BCUT2D eigenvalue weighted by Crippen LogP contribution is -2.66. The predicted molar refractivity (Wildman–Crippen MR) is 110 cm³/mol. The van der Waals surface area contributed by atoms with Crippen LogP contribution in [0.5, 0.6) is 0 Å². The molecule has 3 fully saturated rings. The van der Waals surface area contributed by atoms with Gasteiger partial charge in [-0.3, -0.25) is 0 Å². The maximum Gasteiger partial charge on any atom is 0.511 e. The van der Waals surface area contributed by atoms with E-state index in [4.69, 9.17) is 0 Å². The lowest BCUT2D eigenvalue weighted by Gasteiger charge is -2.67. The number of aromatic amines is 1. The molecule has 0 amide bonds. The predicted octanol–water partition coefficient (Wildman–Crippen LogP) is 4.58. The van der Waals surface area contributed by atoms with E-state index in [1.165, 1.54) is 12.4 Å². The number of fused-ring (bicyclic) bond motifs is 1. The first kappa shape index (κ1) is 23.5. The summed E-state index contributed by atoms with van der Waals surface area (Å²) < 4.78 is 106. The summed E-state index contributed by atoms with van der Waals surface area (Å²) in [5.74, 6) is 0.456. The quantitative estimate of drug-likeness (QED) is 0.615. The Bertz CT molecular complexity index is 1210. The molecule has 0 radical (unpaired) electrons. The van der Waals surface area contributed by atoms with Gasteiger partial charge in [0.05, 0.1) is 24.1 Å². The molecule has 34 heavy (non-hydrogen) atoms. The molecule has 0 saturated heterocycles. The minimum Gasteiger partial charge on any atom is -0.360 e. The molecule has 0 spiro atoms. The highest BCUT2D eigenvalue weighted by atomic mass is 32.2. The Morgan fingerprint density at radius 1 is 1.15 bits per heavy atom. The number of imidazole rings is 1. The number of anilines is 1. The molecule has 13 heteroatoms. The van der Waals surface area contributed by atoms with E-state index >= 15 is 0 Å². The number of nitrogens with one attached hydrogen (secondary N) is 1. The second kappa shape index (κ2) is 7.36. The number of alkyl halides is 6. The van der Waals surface area contributed by atoms with Crippen molar-refractivity contribution >= 4 is 15.7 Å². The van der Waals surface area contributed by atoms with E-state index in [9.17, 15) is 34.8 Å². The summed E-state index contributed by atoms with van der Waals surface area (Å²) in [4.78, 5) is 8.95. The van der Waals surface area contributed by atoms with E-state index in [0.29, 0.717) is 27.3 Å². The standard InChI is InChI=1S/C21H22F6N4O2S/c1-12-16(29-11-28-12)9-31-17-3-2-15(20(22,23)24)4-14(17)8-30(34(32,33)21(25,26)27)10-18(31)19-5-13(6-19)7-19/h2-4,11,13,18H,5-10H2,1H3,(H,28,29). The second-order valence-corrected chi connectivity index (χ2v) is 11.5. The van der Waals surface area contributed by atoms with Gasteiger partial charge in [0.2, 0.25) is 0 Å². The van der Waals surface area contributed by atoms with Gasteiger partial charge in [0, 0.05) is 30.5 Å². The summed E-state index contributed by atoms with van der Waals surface area (Å²) in [6.45, 7) is 0.635. The lowest BCUT2D eigenvalue weighted by molar-refractivity contribution is -0.137. The fourth-order valence-corrected chi connectivity index (χ4v) is 6.53. The van der Waals surface area contributed by atoms with Gasteiger partial charge < -0.3 is 9.88 Å². The highest BCUT2D eigenvalue weighted by Crippen LogP contribution is 2.67. The number of H-pyrrole nitrogens is 1. The van der Waals surface area contributed by atoms with Crippen LogP contribution in [0.15, 0.2) is 24.5 Å². The summed E-state index contributed by atoms with van der Waals surface area (Å²) in [6, 6.07) is 2.24. The lowest BCUT2D eigenvalue weighted by atomic mass is 9.41. The summed E-state index contributed by atoms with van der Waals surface area (Å²) in [7, 11) is -5.76. The van der Waals surface area contributed by atoms with Crippen LogP contribution in [0, 0.1) is 18.3 Å². The van der Waals surface area contributed by atoms with Gasteiger partial charge in [-0.2, -0.15) is 30.6 Å². The van der Waals surface area contributed by atoms with E-state index in [0.717, 1.165) is 31.4 Å². The molecule has 1 unspecified atom stereocenters. The SMILES string of the molecule is Cc1[nH]cnc1CN1c2ccc(C(F)(F)F)cc2CN(S(=O)(=O)C(F)(F)F)CC1C12CC(C1)C2. The molecule has 2 aromatic rings. The summed E-state index contributed by atoms with van der Waals surface area (Å²) >= 11 is 0. The molecule has 1 aliphatic heterocycles. The maximum absolute atomic E-state index is 13.5. The Labute approximate surface area is 192 Å². The minimum atomic E-state index is -5.76. The molecular formula is C21H22F6N4O2S. The highest BCUT2D eigenvalue weighted by molar-refractivity contribution is 7.89. The van der Waals surface area contributed by atoms with Crippen molar-refractivity contribution in [3.05, 3.63) is 47.0 Å². The van der Waals surface area contributed by atoms with Crippen molar-refractivity contribution in [3.63, 3.8) is 0 Å². The van der Waals surface area contributed by atoms with Gasteiger partial charge in [0.15, 0.2) is 0 Å². The Morgan fingerprint density at radius 3 is 2.32 bits per heavy atom. The van der Waals surface area contributed by atoms with Crippen LogP contribution in [-0.4, -0.2) is 40.8 Å². The van der Waals surface area contributed by atoms with Crippen molar-refractivity contribution in [2.24, 2.45) is 11.3 Å². The Balaban J connectivity index is 1.66. The Kier molecular flexibility index (Phi) is 5.08. The van der Waals surface area contributed by atoms with E-state index in [1.807, 2.05) is 0 Å². The molecule has 3 saturated carbocycles. The molecule has 186 valence electrons. The summed E-state index contributed by atoms with van der Waals surface area (Å²) in [5, 5.41) is 0. The molecule has 2 heterocycles. The normalized spacial score (nSPS) is 27.6. The number of halogens is 6. The summed E-state index contributed by atoms with van der Waals surface area (Å²) in [6.07, 6.45) is -1.00. The molecule has 1 N–H and O–H groups in total. The van der Waals surface area contributed by atoms with Crippen LogP contribution >= 0.6 is 0 Å². The van der Waals surface area contributed by atoms with E-state index in [1.54, 1.807) is 11.8 Å². The zero-order valence-electron chi connectivity index (χ0n) is 18.0. The molecule has 1 aromatic heterocycles. The van der Waals surface area contributed by atoms with E-state index < -0.39 is 46.4 Å². The second-order valence-electron chi connectivity index (χ2n) is 9.54. The van der Waals surface area contributed by atoms with Gasteiger partial charge >= 0.3 is 21.7 Å². The van der Waals surface area contributed by atoms with E-state index in [-0.39, 0.29) is 17.5 Å². The maximum atomic E-state index is 13.5. The number of rotatable bonds is 4. The fourth-order valence-electron chi connectivity index (χ4n) is 5.59. The van der Waals surface area contributed by atoms with Crippen molar-refractivity contribution in [1.82, 2.24) is 14.3 Å². The van der Waals surface area contributed by atoms with Crippen molar-refractivity contribution in [1.29, 1.82) is 0 Å². The van der Waals surface area contributed by atoms with Gasteiger partial charge in [-0.05, 0) is 61.3 Å². The van der Waals surface area contributed by atoms with Gasteiger partial charge in [0.25, 0.3) is 0 Å². The van der Waals surface area contributed by atoms with Gasteiger partial charge in [-0.15, -0.1) is 0 Å². The van der Waals surface area contributed by atoms with Crippen molar-refractivity contribution in [2.75, 3.05) is 11.4 Å². The van der Waals surface area contributed by atoms with Crippen LogP contribution in [0.3, 0.4) is 0 Å². The number of sulfonamides is 1. The van der Waals surface area contributed by atoms with Crippen molar-refractivity contribution in [2.45, 2.75) is 57.0 Å². The molecular weight excluding hydrogens is 486 g/mol. The zero-order chi connectivity index (χ0) is 24.7. The molecule has 2 bridgehead atoms. The van der Waals surface area contributed by atoms with Gasteiger partial charge in [0.1, 0.15) is 0 Å². The average Bonchev–Trinajstić information content (AvgIpc) is 2.97. The molecule has 6 rings (SSSR count). The monoisotopic (exact) mass is 508 g/mol. The highest BCUT2D eigenvalue weighted by Gasteiger charge is 2.63. The third-order valence-electron chi connectivity index (χ3n) is 7.50. The third-order valence-corrected chi connectivity index (χ3v) is 9.04. The van der Waals surface area contributed by atoms with Gasteiger partial charge in [-0.1, -0.05) is 0 Å². The Morgan fingerprint density at radius 2 is 1.82 bits per heavy atom. The molecule has 1 aromatic carbocycles. The van der Waals surface area contributed by atoms with Crippen LogP contribution in [0.25, 0.3) is 0 Å². The van der Waals surface area contributed by atoms with Crippen LogP contribution in [0.2, 0.25) is 0 Å². The average molecular weight is 508 g/mol. The first-order valence-corrected chi connectivity index (χ1v) is 12.2. The number of benzene rings is 1. The molecule has 3 aliphatic carbocycles. The number of aryl methyl sites for hydroxylation is 1. The first-order chi connectivity index (χ1) is 15.7. The van der Waals surface area contributed by atoms with Crippen LogP contribution in [0.4, 0.5) is 32.0 Å². The number of hydrogen-bond acceptors (Lipinski definition) is 4. The van der Waals surface area contributed by atoms with Crippen LogP contribution in [0.1, 0.15) is 41.8 Å². The topological polar surface area (TPSA) is 69.3 Å². The third kappa shape index (κ3) is 3.58. The van der Waals surface area contributed by atoms with Crippen molar-refractivity contribution < 1.29 is 34.8 Å². The van der Waals surface area contributed by atoms with Crippen LogP contribution < -0.4 is 4.90 Å². The number of nitrogens with zero attached hydrogens (tertiary/aromatic N) is 3. The van der Waals surface area contributed by atoms with Crippen molar-refractivity contribution in [3.8, 4) is 0 Å². The fraction of sp³-hybridized carbons (Fsp3) is 0.571. The first-order valence-electron chi connectivity index (χ1n) is 10.7. The largest absolute Gasteiger partial charge is 0.511 e. The summed E-state index contributed by atoms with van der Waals surface area (Å²) in [5.41, 5.74) is -5.50. The van der Waals surface area contributed by atoms with E-state index in [2.05, 4.69) is 9.97 Å². The zero-order valence-corrected chi connectivity index (χ0v) is 18.9.